The van der Waals surface area contributed by atoms with Crippen LogP contribution in [-0.2, 0) is 5.41 Å². The predicted octanol–water partition coefficient (Wildman–Crippen LogP) is 22.7. The summed E-state index contributed by atoms with van der Waals surface area (Å²) in [4.78, 5) is 0. The second-order valence-electron chi connectivity index (χ2n) is 23.9. The van der Waals surface area contributed by atoms with Crippen molar-refractivity contribution in [2.24, 2.45) is 0 Å². The van der Waals surface area contributed by atoms with Crippen LogP contribution in [0.25, 0.3) is 147 Å². The number of aromatic nitrogens is 3. The molecule has 414 valence electrons. The number of nitrogens with zero attached hydrogens (tertiary/aromatic N) is 3. The van der Waals surface area contributed by atoms with Gasteiger partial charge in [0, 0.05) is 59.0 Å². The Morgan fingerprint density at radius 2 is 0.674 bits per heavy atom. The van der Waals surface area contributed by atoms with E-state index in [4.69, 9.17) is 0 Å². The van der Waals surface area contributed by atoms with E-state index in [1.807, 2.05) is 11.3 Å². The zero-order chi connectivity index (χ0) is 58.3. The molecule has 1 aliphatic rings. The van der Waals surface area contributed by atoms with Crippen molar-refractivity contribution in [3.8, 4) is 61.6 Å². The van der Waals surface area contributed by atoms with Crippen molar-refractivity contribution in [2.75, 3.05) is 0 Å². The van der Waals surface area contributed by atoms with Gasteiger partial charge in [0.1, 0.15) is 0 Å². The van der Waals surface area contributed by atoms with E-state index in [9.17, 15) is 0 Å². The van der Waals surface area contributed by atoms with E-state index in [1.165, 1.54) is 136 Å². The van der Waals surface area contributed by atoms with E-state index in [2.05, 4.69) is 335 Å². The average Bonchev–Trinajstić information content (AvgIpc) is 1.62. The van der Waals surface area contributed by atoms with E-state index in [0.717, 1.165) is 33.6 Å². The maximum absolute atomic E-state index is 2.50. The first-order valence-electron chi connectivity index (χ1n) is 30.7. The van der Waals surface area contributed by atoms with Crippen LogP contribution < -0.4 is 0 Å². The fraction of sp³-hybridized carbons (Fsp3) is 0.0118. The Morgan fingerprint density at radius 3 is 1.29 bits per heavy atom. The van der Waals surface area contributed by atoms with Gasteiger partial charge >= 0.3 is 0 Å². The summed E-state index contributed by atoms with van der Waals surface area (Å²) >= 11 is 1.88. The molecule has 0 saturated heterocycles. The minimum atomic E-state index is -0.509. The van der Waals surface area contributed by atoms with Crippen LogP contribution in [0, 0.1) is 0 Å². The highest BCUT2D eigenvalue weighted by Crippen LogP contribution is 2.57. The minimum absolute atomic E-state index is 0.509. The Hall–Kier alpha value is -11.3. The van der Waals surface area contributed by atoms with Crippen molar-refractivity contribution in [3.05, 3.63) is 344 Å². The SMILES string of the molecule is c1ccc(C2(c3ccccc3)c3ccccc3-c3ccc(-c4ccccc4-n4c5ccccc5c5cc(-c6cc(-c7ccc8c(c7)c7ccccc7n8-c7cccc8c7sc7ccccc78)cc(-n7c8ccccc8c8ccccc87)c6)ccc54)cc32)cc1. The highest BCUT2D eigenvalue weighted by Gasteiger charge is 2.46. The summed E-state index contributed by atoms with van der Waals surface area (Å²) in [5, 5.41) is 9.96. The number of hydrogen-bond donors (Lipinski definition) is 0. The van der Waals surface area contributed by atoms with Gasteiger partial charge < -0.3 is 13.7 Å². The molecule has 0 aliphatic heterocycles. The van der Waals surface area contributed by atoms with Gasteiger partial charge in [0.25, 0.3) is 0 Å². The summed E-state index contributed by atoms with van der Waals surface area (Å²) in [6.07, 6.45) is 0. The monoisotopic (exact) mass is 1150 g/mol. The fourth-order valence-electron chi connectivity index (χ4n) is 15.5. The quantitative estimate of drug-likeness (QED) is 0.144. The van der Waals surface area contributed by atoms with Gasteiger partial charge in [0.15, 0.2) is 0 Å². The first-order chi connectivity index (χ1) is 44.2. The number of thiophene rings is 1. The van der Waals surface area contributed by atoms with E-state index in [0.29, 0.717) is 0 Å². The number of para-hydroxylation sites is 5. The van der Waals surface area contributed by atoms with E-state index in [1.54, 1.807) is 0 Å². The van der Waals surface area contributed by atoms with Crippen molar-refractivity contribution in [3.63, 3.8) is 0 Å². The molecule has 0 unspecified atom stereocenters. The lowest BCUT2D eigenvalue weighted by Crippen LogP contribution is -2.28. The van der Waals surface area contributed by atoms with Crippen LogP contribution in [0.15, 0.2) is 322 Å². The summed E-state index contributed by atoms with van der Waals surface area (Å²) in [6, 6.07) is 120. The van der Waals surface area contributed by atoms with Gasteiger partial charge in [0.2, 0.25) is 0 Å². The minimum Gasteiger partial charge on any atom is -0.309 e. The maximum Gasteiger partial charge on any atom is 0.0713 e. The molecule has 4 heterocycles. The molecule has 0 amide bonds. The molecule has 1 aliphatic carbocycles. The number of fused-ring (bicyclic) bond motifs is 15. The third kappa shape index (κ3) is 7.27. The highest BCUT2D eigenvalue weighted by molar-refractivity contribution is 7.26. The van der Waals surface area contributed by atoms with Crippen molar-refractivity contribution < 1.29 is 0 Å². The molecular weight excluding hydrogens is 1100 g/mol. The molecule has 0 spiro atoms. The lowest BCUT2D eigenvalue weighted by molar-refractivity contribution is 0.769. The standard InChI is InChI=1S/C85H53N3S/c1-3-22-59(23-4-1)85(60-24-5-2-6-25-60)73-34-14-7-27-63(73)64-45-42-56(53-74(64)85)62-26-8-15-35-75(62)87-78-38-18-11-30-67(78)71-51-54(43-46-80(71)87)57-48-58(50-61(49-57)86-76-36-16-9-28-65(76)66-29-10-17-37-77(66)86)55-44-47-81-72(52-55)68-31-12-19-39-79(68)88(81)82-40-21-33-70-69-32-13-20-41-83(69)89-84(70)82/h1-53H. The van der Waals surface area contributed by atoms with Crippen LogP contribution in [0.4, 0.5) is 0 Å². The average molecular weight is 1150 g/mol. The maximum atomic E-state index is 2.50. The Labute approximate surface area is 518 Å². The van der Waals surface area contributed by atoms with Crippen molar-refractivity contribution in [1.82, 2.24) is 13.7 Å². The first-order valence-corrected chi connectivity index (χ1v) is 31.5. The Bertz CT molecular complexity index is 5840. The topological polar surface area (TPSA) is 14.8 Å². The molecule has 14 aromatic carbocycles. The van der Waals surface area contributed by atoms with Crippen LogP contribution in [0.3, 0.4) is 0 Å². The molecule has 0 bridgehead atoms. The molecule has 4 heteroatoms. The summed E-state index contributed by atoms with van der Waals surface area (Å²) in [6.45, 7) is 0. The second-order valence-corrected chi connectivity index (χ2v) is 24.9. The largest absolute Gasteiger partial charge is 0.309 e. The van der Waals surface area contributed by atoms with Crippen LogP contribution in [0.1, 0.15) is 22.3 Å². The van der Waals surface area contributed by atoms with Gasteiger partial charge in [0.05, 0.1) is 54.6 Å². The van der Waals surface area contributed by atoms with Gasteiger partial charge in [-0.2, -0.15) is 0 Å². The molecule has 0 radical (unpaired) electrons. The number of hydrogen-bond acceptors (Lipinski definition) is 1. The molecule has 0 atom stereocenters. The highest BCUT2D eigenvalue weighted by atomic mass is 32.1. The molecular formula is C85H53N3S. The van der Waals surface area contributed by atoms with E-state index >= 15 is 0 Å². The van der Waals surface area contributed by atoms with E-state index in [-0.39, 0.29) is 0 Å². The molecule has 18 aromatic rings. The summed E-state index contributed by atoms with van der Waals surface area (Å²) in [7, 11) is 0. The third-order valence-electron chi connectivity index (χ3n) is 19.3. The molecule has 4 aromatic heterocycles. The molecule has 0 fully saturated rings. The second kappa shape index (κ2) is 19.4. The normalized spacial score (nSPS) is 12.8. The summed E-state index contributed by atoms with van der Waals surface area (Å²) in [5.41, 5.74) is 24.7. The summed E-state index contributed by atoms with van der Waals surface area (Å²) in [5.74, 6) is 0. The Morgan fingerprint density at radius 1 is 0.236 bits per heavy atom. The van der Waals surface area contributed by atoms with Gasteiger partial charge in [-0.05, 0) is 152 Å². The lowest BCUT2D eigenvalue weighted by atomic mass is 9.67. The Kier molecular flexibility index (Phi) is 10.9. The van der Waals surface area contributed by atoms with Gasteiger partial charge in [-0.1, -0.05) is 231 Å². The zero-order valence-electron chi connectivity index (χ0n) is 48.3. The van der Waals surface area contributed by atoms with Crippen LogP contribution in [0.5, 0.6) is 0 Å². The van der Waals surface area contributed by atoms with Crippen molar-refractivity contribution in [2.45, 2.75) is 5.41 Å². The molecule has 0 saturated carbocycles. The van der Waals surface area contributed by atoms with Crippen molar-refractivity contribution in [1.29, 1.82) is 0 Å². The third-order valence-corrected chi connectivity index (χ3v) is 20.5. The Balaban J connectivity index is 0.797. The predicted molar refractivity (Wildman–Crippen MR) is 376 cm³/mol. The van der Waals surface area contributed by atoms with Gasteiger partial charge in [-0.15, -0.1) is 11.3 Å². The van der Waals surface area contributed by atoms with Crippen molar-refractivity contribution >= 4 is 96.9 Å². The van der Waals surface area contributed by atoms with E-state index < -0.39 is 5.41 Å². The number of rotatable bonds is 8. The summed E-state index contributed by atoms with van der Waals surface area (Å²) < 4.78 is 10.1. The molecule has 0 N–H and O–H groups in total. The smallest absolute Gasteiger partial charge is 0.0713 e. The number of benzene rings is 14. The molecule has 89 heavy (non-hydrogen) atoms. The van der Waals surface area contributed by atoms with Crippen LogP contribution in [-0.4, -0.2) is 13.7 Å². The van der Waals surface area contributed by atoms with Gasteiger partial charge in [-0.25, -0.2) is 0 Å². The van der Waals surface area contributed by atoms with Crippen LogP contribution >= 0.6 is 11.3 Å². The fourth-order valence-corrected chi connectivity index (χ4v) is 16.7. The van der Waals surface area contributed by atoms with Gasteiger partial charge in [-0.3, -0.25) is 0 Å². The molecule has 19 rings (SSSR count). The van der Waals surface area contributed by atoms with Crippen LogP contribution in [0.2, 0.25) is 0 Å². The molecule has 3 nitrogen and oxygen atoms in total. The zero-order valence-corrected chi connectivity index (χ0v) is 49.2. The first kappa shape index (κ1) is 49.9. The lowest BCUT2D eigenvalue weighted by Gasteiger charge is -2.34.